The van der Waals surface area contributed by atoms with E-state index in [2.05, 4.69) is 15.2 Å². The summed E-state index contributed by atoms with van der Waals surface area (Å²) >= 11 is 0. The van der Waals surface area contributed by atoms with Crippen LogP contribution in [0.15, 0.2) is 23.1 Å². The maximum Gasteiger partial charge on any atom is 0.308 e. The van der Waals surface area contributed by atoms with Crippen LogP contribution in [0.3, 0.4) is 0 Å². The molecule has 0 radical (unpaired) electrons. The lowest BCUT2D eigenvalue weighted by Crippen LogP contribution is -2.27. The molecular formula is C12H12N4O3. The van der Waals surface area contributed by atoms with Gasteiger partial charge in [0.25, 0.3) is 0 Å². The zero-order valence-corrected chi connectivity index (χ0v) is 10.0. The van der Waals surface area contributed by atoms with Crippen LogP contribution in [-0.4, -0.2) is 30.8 Å². The lowest BCUT2D eigenvalue weighted by Gasteiger charge is -2.20. The Morgan fingerprint density at radius 3 is 3.05 bits per heavy atom. The van der Waals surface area contributed by atoms with Crippen molar-refractivity contribution in [2.45, 2.75) is 19.4 Å². The van der Waals surface area contributed by atoms with E-state index in [4.69, 9.17) is 5.11 Å². The van der Waals surface area contributed by atoms with Crippen molar-refractivity contribution in [2.75, 3.05) is 0 Å². The summed E-state index contributed by atoms with van der Waals surface area (Å²) in [5.41, 5.74) is 0.425. The van der Waals surface area contributed by atoms with Crippen molar-refractivity contribution in [2.24, 2.45) is 5.92 Å². The van der Waals surface area contributed by atoms with Gasteiger partial charge >= 0.3 is 5.97 Å². The fourth-order valence-electron chi connectivity index (χ4n) is 2.33. The van der Waals surface area contributed by atoms with Gasteiger partial charge in [-0.2, -0.15) is 0 Å². The maximum atomic E-state index is 11.3. The minimum absolute atomic E-state index is 0.222. The number of H-pyrrole nitrogens is 1. The Kier molecular flexibility index (Phi) is 2.66. The van der Waals surface area contributed by atoms with E-state index >= 15 is 0 Å². The molecule has 7 heteroatoms. The molecule has 0 amide bonds. The van der Waals surface area contributed by atoms with Crippen LogP contribution in [0.5, 0.6) is 0 Å². The fraction of sp³-hybridized carbons (Fsp3) is 0.333. The van der Waals surface area contributed by atoms with E-state index in [9.17, 15) is 9.59 Å². The molecule has 3 rings (SSSR count). The third kappa shape index (κ3) is 2.03. The zero-order valence-electron chi connectivity index (χ0n) is 10.0. The molecule has 0 bridgehead atoms. The van der Waals surface area contributed by atoms with Crippen LogP contribution in [0.25, 0.3) is 11.4 Å². The number of aromatic amines is 1. The Balaban J connectivity index is 2.04. The monoisotopic (exact) mass is 260 g/mol. The second kappa shape index (κ2) is 4.34. The second-order valence-corrected chi connectivity index (χ2v) is 4.57. The second-order valence-electron chi connectivity index (χ2n) is 4.57. The van der Waals surface area contributed by atoms with Crippen molar-refractivity contribution in [1.29, 1.82) is 0 Å². The Bertz CT molecular complexity index is 688. The molecule has 1 aliphatic heterocycles. The Labute approximate surface area is 107 Å². The fourth-order valence-corrected chi connectivity index (χ4v) is 2.33. The molecule has 2 aromatic heterocycles. The van der Waals surface area contributed by atoms with Gasteiger partial charge in [-0.1, -0.05) is 0 Å². The summed E-state index contributed by atoms with van der Waals surface area (Å²) in [5.74, 6) is 0.0836. The van der Waals surface area contributed by atoms with Crippen LogP contribution in [0, 0.1) is 5.92 Å². The molecule has 0 saturated carbocycles. The van der Waals surface area contributed by atoms with E-state index in [0.717, 1.165) is 5.82 Å². The minimum Gasteiger partial charge on any atom is -0.481 e. The number of hydrogen-bond donors (Lipinski definition) is 2. The molecule has 0 aromatic carbocycles. The van der Waals surface area contributed by atoms with E-state index in [1.54, 1.807) is 10.6 Å². The number of nitrogens with one attached hydrogen (secondary N) is 1. The van der Waals surface area contributed by atoms with E-state index < -0.39 is 11.9 Å². The number of carboxylic acids is 1. The standard InChI is InChI=1S/C12H12N4O3/c17-10-5-7(3-4-13-10)11-15-14-9-2-1-8(12(18)19)6-16(9)11/h3-5,8H,1-2,6H2,(H,13,17)(H,18,19). The van der Waals surface area contributed by atoms with Gasteiger partial charge in [-0.15, -0.1) is 10.2 Å². The number of aromatic nitrogens is 4. The van der Waals surface area contributed by atoms with Crippen LogP contribution in [0.2, 0.25) is 0 Å². The molecule has 19 heavy (non-hydrogen) atoms. The van der Waals surface area contributed by atoms with Gasteiger partial charge in [0.05, 0.1) is 5.92 Å². The third-order valence-electron chi connectivity index (χ3n) is 3.33. The number of aliphatic carboxylic acids is 1. The van der Waals surface area contributed by atoms with Gasteiger partial charge in [0, 0.05) is 30.8 Å². The molecule has 1 unspecified atom stereocenters. The number of carboxylic acid groups (broad SMARTS) is 1. The number of fused-ring (bicyclic) bond motifs is 1. The van der Waals surface area contributed by atoms with E-state index in [0.29, 0.717) is 30.8 Å². The summed E-state index contributed by atoms with van der Waals surface area (Å²) < 4.78 is 1.79. The minimum atomic E-state index is -0.809. The van der Waals surface area contributed by atoms with Gasteiger partial charge in [0.2, 0.25) is 5.56 Å². The largest absolute Gasteiger partial charge is 0.481 e. The molecule has 0 spiro atoms. The summed E-state index contributed by atoms with van der Waals surface area (Å²) in [6.45, 7) is 0.347. The van der Waals surface area contributed by atoms with E-state index in [1.807, 2.05) is 0 Å². The molecule has 98 valence electrons. The maximum absolute atomic E-state index is 11.3. The first-order chi connectivity index (χ1) is 9.15. The predicted octanol–water partition coefficient (Wildman–Crippen LogP) is 0.280. The number of rotatable bonds is 2. The molecule has 0 saturated heterocycles. The topological polar surface area (TPSA) is 101 Å². The average molecular weight is 260 g/mol. The Hall–Kier alpha value is -2.44. The highest BCUT2D eigenvalue weighted by Gasteiger charge is 2.27. The number of aryl methyl sites for hydroxylation is 1. The molecule has 1 atom stereocenters. The molecule has 1 aliphatic rings. The van der Waals surface area contributed by atoms with Crippen LogP contribution >= 0.6 is 0 Å². The lowest BCUT2D eigenvalue weighted by atomic mass is 9.99. The van der Waals surface area contributed by atoms with Gasteiger partial charge in [-0.3, -0.25) is 9.59 Å². The summed E-state index contributed by atoms with van der Waals surface area (Å²) in [6, 6.07) is 3.16. The van der Waals surface area contributed by atoms with Crippen LogP contribution in [-0.2, 0) is 17.8 Å². The van der Waals surface area contributed by atoms with Gasteiger partial charge in [-0.05, 0) is 12.5 Å². The summed E-state index contributed by atoms with van der Waals surface area (Å²) in [5, 5.41) is 17.2. The van der Waals surface area contributed by atoms with Crippen molar-refractivity contribution >= 4 is 5.97 Å². The lowest BCUT2D eigenvalue weighted by molar-refractivity contribution is -0.142. The van der Waals surface area contributed by atoms with Crippen LogP contribution in [0.4, 0.5) is 0 Å². The van der Waals surface area contributed by atoms with Crippen molar-refractivity contribution in [3.05, 3.63) is 34.5 Å². The van der Waals surface area contributed by atoms with Gasteiger partial charge in [0.15, 0.2) is 5.82 Å². The molecule has 2 aromatic rings. The average Bonchev–Trinajstić information content (AvgIpc) is 2.81. The first-order valence-electron chi connectivity index (χ1n) is 5.99. The Morgan fingerprint density at radius 2 is 2.32 bits per heavy atom. The normalized spacial score (nSPS) is 18.0. The van der Waals surface area contributed by atoms with Gasteiger partial charge < -0.3 is 14.7 Å². The molecule has 0 aliphatic carbocycles. The van der Waals surface area contributed by atoms with Crippen LogP contribution in [0.1, 0.15) is 12.2 Å². The number of pyridine rings is 1. The van der Waals surface area contributed by atoms with Crippen molar-refractivity contribution < 1.29 is 9.90 Å². The molecule has 2 N–H and O–H groups in total. The van der Waals surface area contributed by atoms with Gasteiger partial charge in [-0.25, -0.2) is 0 Å². The molecular weight excluding hydrogens is 248 g/mol. The summed E-state index contributed by atoms with van der Waals surface area (Å²) in [7, 11) is 0. The predicted molar refractivity (Wildman–Crippen MR) is 65.5 cm³/mol. The molecule has 7 nitrogen and oxygen atoms in total. The van der Waals surface area contributed by atoms with Crippen molar-refractivity contribution in [3.63, 3.8) is 0 Å². The quantitative estimate of drug-likeness (QED) is 0.807. The highest BCUT2D eigenvalue weighted by molar-refractivity contribution is 5.70. The van der Waals surface area contributed by atoms with E-state index in [1.165, 1.54) is 12.3 Å². The highest BCUT2D eigenvalue weighted by Crippen LogP contribution is 2.24. The first kappa shape index (κ1) is 11.6. The first-order valence-corrected chi connectivity index (χ1v) is 5.99. The molecule has 0 fully saturated rings. The SMILES string of the molecule is O=C(O)C1CCc2nnc(-c3cc[nH]c(=O)c3)n2C1. The third-order valence-corrected chi connectivity index (χ3v) is 3.33. The smallest absolute Gasteiger partial charge is 0.308 e. The number of hydrogen-bond acceptors (Lipinski definition) is 4. The molecule has 3 heterocycles. The Morgan fingerprint density at radius 1 is 1.47 bits per heavy atom. The van der Waals surface area contributed by atoms with Crippen molar-refractivity contribution in [1.82, 2.24) is 19.7 Å². The highest BCUT2D eigenvalue weighted by atomic mass is 16.4. The zero-order chi connectivity index (χ0) is 13.4. The number of nitrogens with zero attached hydrogens (tertiary/aromatic N) is 3. The summed E-state index contributed by atoms with van der Waals surface area (Å²) in [4.78, 5) is 24.9. The van der Waals surface area contributed by atoms with Crippen molar-refractivity contribution in [3.8, 4) is 11.4 Å². The van der Waals surface area contributed by atoms with Gasteiger partial charge in [0.1, 0.15) is 5.82 Å². The van der Waals surface area contributed by atoms with E-state index in [-0.39, 0.29) is 5.56 Å². The van der Waals surface area contributed by atoms with Crippen LogP contribution < -0.4 is 5.56 Å². The summed E-state index contributed by atoms with van der Waals surface area (Å²) in [6.07, 6.45) is 2.70. The number of carbonyl (C=O) groups is 1.